The zero-order chi connectivity index (χ0) is 13.4. The molecule has 3 aromatic rings. The maximum atomic E-state index is 13.6. The molecule has 0 aliphatic rings. The molecule has 96 valence electrons. The number of para-hydroxylation sites is 1. The largest absolute Gasteiger partial charge is 0.368 e. The summed E-state index contributed by atoms with van der Waals surface area (Å²) in [5.41, 5.74) is 5.93. The first-order valence-corrected chi connectivity index (χ1v) is 5.33. The van der Waals surface area contributed by atoms with Gasteiger partial charge in [0.1, 0.15) is 22.8 Å². The SMILES string of the molecule is Nc1nc(Nc2c(F)cccc2F)c2[nH]cnc2n1. The number of benzene rings is 1. The number of hydrogen-bond donors (Lipinski definition) is 3. The lowest BCUT2D eigenvalue weighted by atomic mass is 10.3. The summed E-state index contributed by atoms with van der Waals surface area (Å²) >= 11 is 0. The summed E-state index contributed by atoms with van der Waals surface area (Å²) in [7, 11) is 0. The van der Waals surface area contributed by atoms with Gasteiger partial charge in [0, 0.05) is 0 Å². The van der Waals surface area contributed by atoms with Crippen molar-refractivity contribution in [3.8, 4) is 0 Å². The van der Waals surface area contributed by atoms with Crippen LogP contribution in [0.1, 0.15) is 0 Å². The van der Waals surface area contributed by atoms with Crippen LogP contribution in [0.2, 0.25) is 0 Å². The van der Waals surface area contributed by atoms with Crippen LogP contribution < -0.4 is 11.1 Å². The molecule has 3 rings (SSSR count). The Morgan fingerprint density at radius 2 is 1.89 bits per heavy atom. The van der Waals surface area contributed by atoms with Crippen LogP contribution in [0.15, 0.2) is 24.5 Å². The van der Waals surface area contributed by atoms with E-state index in [1.54, 1.807) is 0 Å². The Morgan fingerprint density at radius 3 is 2.63 bits per heavy atom. The van der Waals surface area contributed by atoms with Gasteiger partial charge in [-0.3, -0.25) is 0 Å². The van der Waals surface area contributed by atoms with Crippen LogP contribution >= 0.6 is 0 Å². The van der Waals surface area contributed by atoms with Crippen LogP contribution in [0.25, 0.3) is 11.2 Å². The number of fused-ring (bicyclic) bond motifs is 1. The lowest BCUT2D eigenvalue weighted by Gasteiger charge is -2.08. The monoisotopic (exact) mass is 262 g/mol. The van der Waals surface area contributed by atoms with Gasteiger partial charge in [0.2, 0.25) is 5.95 Å². The number of nitrogen functional groups attached to an aromatic ring is 1. The molecule has 0 saturated carbocycles. The summed E-state index contributed by atoms with van der Waals surface area (Å²) in [6.45, 7) is 0. The highest BCUT2D eigenvalue weighted by molar-refractivity contribution is 5.85. The zero-order valence-electron chi connectivity index (χ0n) is 9.48. The van der Waals surface area contributed by atoms with E-state index in [2.05, 4.69) is 25.3 Å². The van der Waals surface area contributed by atoms with E-state index in [1.807, 2.05) is 0 Å². The number of nitrogens with one attached hydrogen (secondary N) is 2. The molecule has 8 heteroatoms. The lowest BCUT2D eigenvalue weighted by Crippen LogP contribution is -2.03. The normalized spacial score (nSPS) is 10.8. The molecular formula is C11H8F2N6. The first-order valence-electron chi connectivity index (χ1n) is 5.33. The van der Waals surface area contributed by atoms with Gasteiger partial charge in [0.15, 0.2) is 11.5 Å². The number of anilines is 3. The summed E-state index contributed by atoms with van der Waals surface area (Å²) in [6.07, 6.45) is 1.39. The molecular weight excluding hydrogens is 254 g/mol. The molecule has 19 heavy (non-hydrogen) atoms. The Hall–Kier alpha value is -2.77. The predicted octanol–water partition coefficient (Wildman–Crippen LogP) is 1.96. The van der Waals surface area contributed by atoms with Gasteiger partial charge in [-0.15, -0.1) is 0 Å². The minimum atomic E-state index is -0.732. The van der Waals surface area contributed by atoms with Crippen molar-refractivity contribution >= 4 is 28.6 Å². The van der Waals surface area contributed by atoms with E-state index in [0.29, 0.717) is 11.2 Å². The van der Waals surface area contributed by atoms with Crippen LogP contribution in [0.5, 0.6) is 0 Å². The van der Waals surface area contributed by atoms with E-state index in [9.17, 15) is 8.78 Å². The van der Waals surface area contributed by atoms with E-state index in [0.717, 1.165) is 12.1 Å². The summed E-state index contributed by atoms with van der Waals surface area (Å²) < 4.78 is 27.1. The van der Waals surface area contributed by atoms with E-state index in [4.69, 9.17) is 5.73 Å². The molecule has 2 aromatic heterocycles. The van der Waals surface area contributed by atoms with Crippen LogP contribution in [0.4, 0.5) is 26.2 Å². The maximum absolute atomic E-state index is 13.6. The van der Waals surface area contributed by atoms with E-state index in [-0.39, 0.29) is 17.5 Å². The Balaban J connectivity index is 2.13. The van der Waals surface area contributed by atoms with Gasteiger partial charge < -0.3 is 16.0 Å². The maximum Gasteiger partial charge on any atom is 0.224 e. The van der Waals surface area contributed by atoms with E-state index in [1.165, 1.54) is 12.4 Å². The number of H-pyrrole nitrogens is 1. The molecule has 4 N–H and O–H groups in total. The zero-order valence-corrected chi connectivity index (χ0v) is 9.48. The molecule has 0 spiro atoms. The minimum Gasteiger partial charge on any atom is -0.368 e. The lowest BCUT2D eigenvalue weighted by molar-refractivity contribution is 0.590. The van der Waals surface area contributed by atoms with Gasteiger partial charge in [-0.2, -0.15) is 9.97 Å². The number of imidazole rings is 1. The van der Waals surface area contributed by atoms with Crippen molar-refractivity contribution in [2.75, 3.05) is 11.1 Å². The van der Waals surface area contributed by atoms with Crippen LogP contribution in [0.3, 0.4) is 0 Å². The first-order chi connectivity index (χ1) is 9.15. The average molecular weight is 262 g/mol. The van der Waals surface area contributed by atoms with Gasteiger partial charge in [0.25, 0.3) is 0 Å². The fourth-order valence-corrected chi connectivity index (χ4v) is 1.68. The second kappa shape index (κ2) is 4.16. The van der Waals surface area contributed by atoms with Crippen molar-refractivity contribution in [3.05, 3.63) is 36.2 Å². The Kier molecular flexibility index (Phi) is 2.48. The summed E-state index contributed by atoms with van der Waals surface area (Å²) in [5.74, 6) is -1.35. The van der Waals surface area contributed by atoms with Crippen molar-refractivity contribution in [1.29, 1.82) is 0 Å². The van der Waals surface area contributed by atoms with Crippen molar-refractivity contribution < 1.29 is 8.78 Å². The number of aromatic nitrogens is 4. The van der Waals surface area contributed by atoms with Crippen molar-refractivity contribution in [2.24, 2.45) is 0 Å². The number of hydrogen-bond acceptors (Lipinski definition) is 5. The van der Waals surface area contributed by atoms with Crippen molar-refractivity contribution in [2.45, 2.75) is 0 Å². The minimum absolute atomic E-state index is 0.0427. The quantitative estimate of drug-likeness (QED) is 0.656. The second-order valence-corrected chi connectivity index (χ2v) is 3.75. The molecule has 0 atom stereocenters. The third kappa shape index (κ3) is 1.92. The Labute approximate surface area is 105 Å². The molecule has 0 radical (unpaired) electrons. The molecule has 0 unspecified atom stereocenters. The Bertz CT molecular complexity index is 734. The van der Waals surface area contributed by atoms with E-state index >= 15 is 0 Å². The second-order valence-electron chi connectivity index (χ2n) is 3.75. The highest BCUT2D eigenvalue weighted by atomic mass is 19.1. The molecule has 0 aliphatic carbocycles. The van der Waals surface area contributed by atoms with Gasteiger partial charge in [0.05, 0.1) is 6.33 Å². The topological polar surface area (TPSA) is 92.5 Å². The third-order valence-electron chi connectivity index (χ3n) is 2.51. The van der Waals surface area contributed by atoms with Gasteiger partial charge in [-0.1, -0.05) is 6.07 Å². The molecule has 0 amide bonds. The molecule has 2 heterocycles. The molecule has 1 aromatic carbocycles. The van der Waals surface area contributed by atoms with Gasteiger partial charge in [-0.05, 0) is 12.1 Å². The van der Waals surface area contributed by atoms with Crippen molar-refractivity contribution in [3.63, 3.8) is 0 Å². The summed E-state index contributed by atoms with van der Waals surface area (Å²) in [4.78, 5) is 14.5. The fourth-order valence-electron chi connectivity index (χ4n) is 1.68. The first kappa shape index (κ1) is 11.3. The van der Waals surface area contributed by atoms with Gasteiger partial charge >= 0.3 is 0 Å². The molecule has 0 saturated heterocycles. The number of nitrogens with two attached hydrogens (primary N) is 1. The standard InChI is InChI=1S/C11H8F2N6/c12-5-2-1-3-6(13)7(5)17-10-8-9(16-4-15-8)18-11(14)19-10/h1-4H,(H4,14,15,16,17,18,19). The Morgan fingerprint density at radius 1 is 1.16 bits per heavy atom. The predicted molar refractivity (Wildman–Crippen MR) is 65.7 cm³/mol. The van der Waals surface area contributed by atoms with Gasteiger partial charge in [-0.25, -0.2) is 13.8 Å². The fraction of sp³-hybridized carbons (Fsp3) is 0. The van der Waals surface area contributed by atoms with Crippen molar-refractivity contribution in [1.82, 2.24) is 19.9 Å². The number of halogens is 2. The third-order valence-corrected chi connectivity index (χ3v) is 2.51. The molecule has 0 fully saturated rings. The number of nitrogens with zero attached hydrogens (tertiary/aromatic N) is 3. The summed E-state index contributed by atoms with van der Waals surface area (Å²) in [6, 6.07) is 3.55. The molecule has 6 nitrogen and oxygen atoms in total. The van der Waals surface area contributed by atoms with Crippen LogP contribution in [0, 0.1) is 11.6 Å². The highest BCUT2D eigenvalue weighted by Gasteiger charge is 2.13. The number of aromatic amines is 1. The summed E-state index contributed by atoms with van der Waals surface area (Å²) in [5, 5.41) is 2.56. The highest BCUT2D eigenvalue weighted by Crippen LogP contribution is 2.25. The van der Waals surface area contributed by atoms with Crippen LogP contribution in [-0.2, 0) is 0 Å². The smallest absolute Gasteiger partial charge is 0.224 e. The van der Waals surface area contributed by atoms with E-state index < -0.39 is 11.6 Å². The molecule has 0 aliphatic heterocycles. The average Bonchev–Trinajstić information content (AvgIpc) is 2.81. The number of rotatable bonds is 2. The molecule has 0 bridgehead atoms. The van der Waals surface area contributed by atoms with Crippen LogP contribution in [-0.4, -0.2) is 19.9 Å².